The highest BCUT2D eigenvalue weighted by Gasteiger charge is 2.31. The molecule has 0 radical (unpaired) electrons. The highest BCUT2D eigenvalue weighted by molar-refractivity contribution is 5.95. The second-order valence-electron chi connectivity index (χ2n) is 7.71. The Balaban J connectivity index is 0.000000220. The zero-order chi connectivity index (χ0) is 25.2. The molecule has 1 amide bonds. The number of halogens is 1. The molecular weight excluding hydrogens is 447 g/mol. The number of phenolic OH excluding ortho intramolecular Hbond substituents is 1. The number of hydrogen-bond donors (Lipinski definition) is 4. The monoisotopic (exact) mass is 476 g/mol. The normalized spacial score (nSPS) is 12.4. The summed E-state index contributed by atoms with van der Waals surface area (Å²) in [5, 5.41) is 23.4. The number of nitrogens with zero attached hydrogens (tertiary/aromatic N) is 2. The quantitative estimate of drug-likeness (QED) is 0.350. The van der Waals surface area contributed by atoms with Gasteiger partial charge in [0.25, 0.3) is 5.91 Å². The number of amides is 1. The summed E-state index contributed by atoms with van der Waals surface area (Å²) in [5.74, 6) is -0.302. The molecule has 4 N–H and O–H groups in total. The molecule has 0 saturated carbocycles. The van der Waals surface area contributed by atoms with E-state index in [9.17, 15) is 14.3 Å². The molecule has 1 fully saturated rings. The lowest BCUT2D eigenvalue weighted by Gasteiger charge is -2.40. The van der Waals surface area contributed by atoms with Gasteiger partial charge in [0, 0.05) is 50.1 Å². The van der Waals surface area contributed by atoms with Crippen LogP contribution in [0.25, 0.3) is 10.9 Å². The van der Waals surface area contributed by atoms with Crippen molar-refractivity contribution in [3.05, 3.63) is 96.4 Å². The minimum Gasteiger partial charge on any atom is -0.506 e. The number of benzene rings is 3. The number of pyridine rings is 1. The van der Waals surface area contributed by atoms with Crippen LogP contribution < -0.4 is 10.6 Å². The number of aromatic hydroxyl groups is 1. The SMILES string of the molecule is CNc1ccc(C(=O)N2CC(Nc3ccccc3)C2)cc1F.CO.Oc1cccc2cccnc12. The maximum absolute atomic E-state index is 13.7. The number of nitrogens with one attached hydrogen (secondary N) is 2. The first kappa shape index (κ1) is 25.5. The van der Waals surface area contributed by atoms with Crippen LogP contribution in [-0.4, -0.2) is 59.3 Å². The predicted molar refractivity (Wildman–Crippen MR) is 137 cm³/mol. The second kappa shape index (κ2) is 12.3. The molecule has 0 aliphatic carbocycles. The van der Waals surface area contributed by atoms with E-state index in [-0.39, 0.29) is 17.7 Å². The largest absolute Gasteiger partial charge is 0.506 e. The van der Waals surface area contributed by atoms with Crippen molar-refractivity contribution < 1.29 is 19.4 Å². The first-order valence-electron chi connectivity index (χ1n) is 11.1. The summed E-state index contributed by atoms with van der Waals surface area (Å²) < 4.78 is 13.7. The van der Waals surface area contributed by atoms with Crippen molar-refractivity contribution in [3.63, 3.8) is 0 Å². The Morgan fingerprint density at radius 3 is 2.37 bits per heavy atom. The van der Waals surface area contributed by atoms with E-state index in [1.165, 1.54) is 6.07 Å². The van der Waals surface area contributed by atoms with Gasteiger partial charge in [0.15, 0.2) is 0 Å². The molecule has 8 heteroatoms. The van der Waals surface area contributed by atoms with Gasteiger partial charge in [0.05, 0.1) is 11.7 Å². The van der Waals surface area contributed by atoms with E-state index >= 15 is 0 Å². The molecule has 0 unspecified atom stereocenters. The Labute approximate surface area is 203 Å². The van der Waals surface area contributed by atoms with Gasteiger partial charge < -0.3 is 25.7 Å². The minimum atomic E-state index is -0.409. The lowest BCUT2D eigenvalue weighted by atomic mass is 10.1. The van der Waals surface area contributed by atoms with E-state index in [1.807, 2.05) is 48.5 Å². The fourth-order valence-corrected chi connectivity index (χ4v) is 3.63. The van der Waals surface area contributed by atoms with Crippen molar-refractivity contribution in [1.82, 2.24) is 9.88 Å². The number of aliphatic hydroxyl groups is 1. The van der Waals surface area contributed by atoms with Crippen LogP contribution in [0.15, 0.2) is 85.1 Å². The topological polar surface area (TPSA) is 97.7 Å². The van der Waals surface area contributed by atoms with Crippen LogP contribution in [0, 0.1) is 5.82 Å². The van der Waals surface area contributed by atoms with Crippen molar-refractivity contribution in [3.8, 4) is 5.75 Å². The molecule has 2 heterocycles. The highest BCUT2D eigenvalue weighted by atomic mass is 19.1. The van der Waals surface area contributed by atoms with E-state index in [1.54, 1.807) is 42.4 Å². The second-order valence-corrected chi connectivity index (χ2v) is 7.71. The zero-order valence-corrected chi connectivity index (χ0v) is 19.6. The molecular formula is C27H29FN4O3. The Morgan fingerprint density at radius 1 is 1.00 bits per heavy atom. The summed E-state index contributed by atoms with van der Waals surface area (Å²) in [6.45, 7) is 1.26. The molecule has 1 saturated heterocycles. The number of phenols is 1. The number of aromatic nitrogens is 1. The van der Waals surface area contributed by atoms with Gasteiger partial charge in [-0.25, -0.2) is 4.39 Å². The van der Waals surface area contributed by atoms with E-state index in [4.69, 9.17) is 5.11 Å². The van der Waals surface area contributed by atoms with Gasteiger partial charge in [-0.3, -0.25) is 9.78 Å². The number of fused-ring (bicyclic) bond motifs is 1. The third kappa shape index (κ3) is 6.45. The Kier molecular flexibility index (Phi) is 8.97. The van der Waals surface area contributed by atoms with Gasteiger partial charge in [0.1, 0.15) is 17.1 Å². The fourth-order valence-electron chi connectivity index (χ4n) is 3.63. The molecule has 1 aliphatic heterocycles. The third-order valence-corrected chi connectivity index (χ3v) is 5.41. The van der Waals surface area contributed by atoms with Gasteiger partial charge in [-0.1, -0.05) is 36.4 Å². The summed E-state index contributed by atoms with van der Waals surface area (Å²) in [6.07, 6.45) is 1.67. The first-order chi connectivity index (χ1) is 17.0. The predicted octanol–water partition coefficient (Wildman–Crippen LogP) is 4.35. The molecule has 35 heavy (non-hydrogen) atoms. The van der Waals surface area contributed by atoms with Crippen molar-refractivity contribution >= 4 is 28.2 Å². The Bertz CT molecular complexity index is 1240. The molecule has 5 rings (SSSR count). The summed E-state index contributed by atoms with van der Waals surface area (Å²) in [4.78, 5) is 18.0. The smallest absolute Gasteiger partial charge is 0.254 e. The standard InChI is InChI=1S/C17H18FN3O.C9H7NO.CH4O/c1-19-16-8-7-12(9-15(16)18)17(22)21-10-14(11-21)20-13-5-3-2-4-6-13;11-8-5-1-3-7-4-2-6-10-9(7)8;1-2/h2-9,14,19-20H,10-11H2,1H3;1-6,11H;2H,1H3. The maximum atomic E-state index is 13.7. The summed E-state index contributed by atoms with van der Waals surface area (Å²) in [7, 11) is 2.65. The summed E-state index contributed by atoms with van der Waals surface area (Å²) in [6, 6.07) is 23.8. The number of carbonyl (C=O) groups excluding carboxylic acids is 1. The molecule has 0 bridgehead atoms. The number of para-hydroxylation sites is 2. The number of rotatable bonds is 4. The third-order valence-electron chi connectivity index (χ3n) is 5.41. The average Bonchev–Trinajstić information content (AvgIpc) is 2.88. The van der Waals surface area contributed by atoms with Crippen LogP contribution in [0.5, 0.6) is 5.75 Å². The summed E-state index contributed by atoms with van der Waals surface area (Å²) >= 11 is 0. The molecule has 0 spiro atoms. The van der Waals surface area contributed by atoms with E-state index < -0.39 is 5.82 Å². The number of hydrogen-bond acceptors (Lipinski definition) is 6. The zero-order valence-electron chi connectivity index (χ0n) is 19.6. The molecule has 1 aliphatic rings. The maximum Gasteiger partial charge on any atom is 0.254 e. The highest BCUT2D eigenvalue weighted by Crippen LogP contribution is 2.21. The van der Waals surface area contributed by atoms with E-state index in [2.05, 4.69) is 15.6 Å². The van der Waals surface area contributed by atoms with Gasteiger partial charge in [-0.05, 0) is 42.5 Å². The van der Waals surface area contributed by atoms with Crippen molar-refractivity contribution in [2.24, 2.45) is 0 Å². The van der Waals surface area contributed by atoms with Crippen LogP contribution in [0.4, 0.5) is 15.8 Å². The van der Waals surface area contributed by atoms with Gasteiger partial charge in [0.2, 0.25) is 0 Å². The van der Waals surface area contributed by atoms with Crippen molar-refractivity contribution in [2.45, 2.75) is 6.04 Å². The molecule has 3 aromatic carbocycles. The fraction of sp³-hybridized carbons (Fsp3) is 0.185. The molecule has 7 nitrogen and oxygen atoms in total. The van der Waals surface area contributed by atoms with Gasteiger partial charge in [-0.2, -0.15) is 0 Å². The van der Waals surface area contributed by atoms with Gasteiger partial charge >= 0.3 is 0 Å². The minimum absolute atomic E-state index is 0.132. The van der Waals surface area contributed by atoms with Crippen LogP contribution in [-0.2, 0) is 0 Å². The molecule has 0 atom stereocenters. The number of anilines is 2. The van der Waals surface area contributed by atoms with E-state index in [0.29, 0.717) is 29.9 Å². The number of aliphatic hydroxyl groups excluding tert-OH is 1. The molecule has 182 valence electrons. The first-order valence-corrected chi connectivity index (χ1v) is 11.1. The molecule has 1 aromatic heterocycles. The van der Waals surface area contributed by atoms with Crippen molar-refractivity contribution in [2.75, 3.05) is 37.9 Å². The van der Waals surface area contributed by atoms with E-state index in [0.717, 1.165) is 18.2 Å². The summed E-state index contributed by atoms with van der Waals surface area (Å²) in [5.41, 5.74) is 2.48. The lowest BCUT2D eigenvalue weighted by molar-refractivity contribution is 0.0625. The van der Waals surface area contributed by atoms with Crippen LogP contribution in [0.3, 0.4) is 0 Å². The van der Waals surface area contributed by atoms with Crippen LogP contribution in [0.1, 0.15) is 10.4 Å². The lowest BCUT2D eigenvalue weighted by Crippen LogP contribution is -2.57. The van der Waals surface area contributed by atoms with Gasteiger partial charge in [-0.15, -0.1) is 0 Å². The molecule has 4 aromatic rings. The Hall–Kier alpha value is -4.17. The average molecular weight is 477 g/mol. The van der Waals surface area contributed by atoms with Crippen LogP contribution >= 0.6 is 0 Å². The van der Waals surface area contributed by atoms with Crippen molar-refractivity contribution in [1.29, 1.82) is 0 Å². The Morgan fingerprint density at radius 2 is 1.71 bits per heavy atom. The van der Waals surface area contributed by atoms with Crippen LogP contribution in [0.2, 0.25) is 0 Å². The number of carbonyl (C=O) groups is 1. The number of likely N-dealkylation sites (tertiary alicyclic amines) is 1.